The fourth-order valence-corrected chi connectivity index (χ4v) is 6.45. The predicted molar refractivity (Wildman–Crippen MR) is 121 cm³/mol. The molecule has 0 amide bonds. The lowest BCUT2D eigenvalue weighted by molar-refractivity contribution is 0.0813. The van der Waals surface area contributed by atoms with Gasteiger partial charge in [-0.05, 0) is 70.0 Å². The van der Waals surface area contributed by atoms with Crippen molar-refractivity contribution in [3.63, 3.8) is 0 Å². The molecule has 0 bridgehead atoms. The Bertz CT molecular complexity index is 1250. The Morgan fingerprint density at radius 1 is 1.06 bits per heavy atom. The maximum atomic E-state index is 13.4. The van der Waals surface area contributed by atoms with Crippen molar-refractivity contribution in [2.45, 2.75) is 54.3 Å². The molecule has 32 heavy (non-hydrogen) atoms. The van der Waals surface area contributed by atoms with Gasteiger partial charge in [0.1, 0.15) is 11.9 Å². The van der Waals surface area contributed by atoms with Crippen LogP contribution in [0.3, 0.4) is 0 Å². The molecule has 0 N–H and O–H groups in total. The Kier molecular flexibility index (Phi) is 6.24. The summed E-state index contributed by atoms with van der Waals surface area (Å²) < 4.78 is 42.1. The Morgan fingerprint density at radius 3 is 2.38 bits per heavy atom. The van der Waals surface area contributed by atoms with Gasteiger partial charge in [-0.2, -0.15) is 9.40 Å². The highest BCUT2D eigenvalue weighted by molar-refractivity contribution is 7.99. The quantitative estimate of drug-likeness (QED) is 0.542. The first-order chi connectivity index (χ1) is 15.2. The van der Waals surface area contributed by atoms with E-state index in [1.54, 1.807) is 0 Å². The van der Waals surface area contributed by atoms with Crippen molar-refractivity contribution < 1.29 is 17.6 Å². The van der Waals surface area contributed by atoms with Crippen LogP contribution >= 0.6 is 11.8 Å². The van der Waals surface area contributed by atoms with E-state index in [1.807, 2.05) is 45.0 Å². The molecule has 0 spiro atoms. The molecular weight excluding hydrogens is 449 g/mol. The maximum absolute atomic E-state index is 13.4. The van der Waals surface area contributed by atoms with E-state index in [0.29, 0.717) is 24.2 Å². The summed E-state index contributed by atoms with van der Waals surface area (Å²) in [6, 6.07) is 11.9. The highest BCUT2D eigenvalue weighted by Gasteiger charge is 2.41. The Hall–Kier alpha value is -2.49. The molecule has 1 unspecified atom stereocenters. The molecular formula is C23H24FN3O3S2. The first kappa shape index (κ1) is 22.7. The minimum Gasteiger partial charge on any atom is -0.271 e. The van der Waals surface area contributed by atoms with Crippen LogP contribution in [0.4, 0.5) is 4.39 Å². The molecule has 1 saturated heterocycles. The third-order valence-corrected chi connectivity index (χ3v) is 8.81. The minimum absolute atomic E-state index is 0.0254. The zero-order valence-electron chi connectivity index (χ0n) is 18.1. The van der Waals surface area contributed by atoms with E-state index < -0.39 is 21.9 Å². The number of hydrogen-bond acceptors (Lipinski definition) is 5. The molecule has 1 aliphatic heterocycles. The number of benzene rings is 2. The van der Waals surface area contributed by atoms with Crippen molar-refractivity contribution in [1.82, 2.24) is 14.1 Å². The molecule has 2 aromatic carbocycles. The molecule has 0 aliphatic carbocycles. The molecule has 3 aromatic rings. The molecule has 1 fully saturated rings. The number of aryl methyl sites for hydroxylation is 2. The van der Waals surface area contributed by atoms with Crippen LogP contribution < -0.4 is 0 Å². The molecule has 2 heterocycles. The van der Waals surface area contributed by atoms with Crippen LogP contribution in [-0.2, 0) is 10.0 Å². The van der Waals surface area contributed by atoms with Gasteiger partial charge in [-0.25, -0.2) is 17.5 Å². The second-order valence-corrected chi connectivity index (χ2v) is 10.9. The Labute approximate surface area is 191 Å². The molecule has 0 radical (unpaired) electrons. The third kappa shape index (κ3) is 4.24. The number of hydrogen-bond donors (Lipinski definition) is 0. The summed E-state index contributed by atoms with van der Waals surface area (Å²) in [7, 11) is -3.93. The fourth-order valence-electron chi connectivity index (χ4n) is 3.87. The molecule has 168 valence electrons. The minimum atomic E-state index is -3.93. The average molecular weight is 474 g/mol. The first-order valence-corrected chi connectivity index (χ1v) is 12.6. The van der Waals surface area contributed by atoms with Crippen LogP contribution in [-0.4, -0.2) is 41.0 Å². The zero-order chi connectivity index (χ0) is 23.0. The van der Waals surface area contributed by atoms with E-state index in [4.69, 9.17) is 0 Å². The normalized spacial score (nSPS) is 17.1. The first-order valence-electron chi connectivity index (χ1n) is 10.3. The van der Waals surface area contributed by atoms with Crippen LogP contribution in [0, 0.1) is 26.6 Å². The summed E-state index contributed by atoms with van der Waals surface area (Å²) in [6.45, 7) is 5.92. The lowest BCUT2D eigenvalue weighted by atomic mass is 10.2. The van der Waals surface area contributed by atoms with E-state index in [1.165, 1.54) is 32.9 Å². The van der Waals surface area contributed by atoms with Crippen molar-refractivity contribution in [2.24, 2.45) is 0 Å². The third-order valence-electron chi connectivity index (χ3n) is 5.58. The molecule has 4 rings (SSSR count). The van der Waals surface area contributed by atoms with Gasteiger partial charge in [0.15, 0.2) is 0 Å². The highest BCUT2D eigenvalue weighted by Crippen LogP contribution is 2.34. The van der Waals surface area contributed by atoms with Crippen molar-refractivity contribution in [3.8, 4) is 0 Å². The van der Waals surface area contributed by atoms with Crippen LogP contribution in [0.5, 0.6) is 0 Å². The van der Waals surface area contributed by atoms with Crippen molar-refractivity contribution in [3.05, 3.63) is 71.3 Å². The van der Waals surface area contributed by atoms with Gasteiger partial charge in [-0.3, -0.25) is 4.79 Å². The van der Waals surface area contributed by atoms with Crippen LogP contribution in [0.2, 0.25) is 0 Å². The lowest BCUT2D eigenvalue weighted by Crippen LogP contribution is -2.43. The van der Waals surface area contributed by atoms with Crippen molar-refractivity contribution >= 4 is 27.7 Å². The number of carbonyl (C=O) groups excluding carboxylic acids is 1. The second-order valence-electron chi connectivity index (χ2n) is 7.89. The van der Waals surface area contributed by atoms with Crippen LogP contribution in [0.1, 0.15) is 34.6 Å². The molecule has 0 saturated carbocycles. The number of sulfonamides is 1. The molecule has 1 aliphatic rings. The monoisotopic (exact) mass is 473 g/mol. The van der Waals surface area contributed by atoms with Gasteiger partial charge in [0.2, 0.25) is 10.0 Å². The standard InChI is InChI=1S/C23H24FN3O3S2/c1-15-6-10-19(11-7-15)31-22-16(2)25-27(17(22)3)23(28)21-5-4-14-26(21)32(29,30)20-12-8-18(24)9-13-20/h6-13,21H,4-5,14H2,1-3H3. The maximum Gasteiger partial charge on any atom is 0.265 e. The van der Waals surface area contributed by atoms with E-state index in [-0.39, 0.29) is 17.3 Å². The summed E-state index contributed by atoms with van der Waals surface area (Å²) in [5, 5.41) is 4.44. The smallest absolute Gasteiger partial charge is 0.265 e. The van der Waals surface area contributed by atoms with Crippen LogP contribution in [0.25, 0.3) is 0 Å². The van der Waals surface area contributed by atoms with Gasteiger partial charge in [-0.15, -0.1) is 0 Å². The molecule has 1 atom stereocenters. The predicted octanol–water partition coefficient (Wildman–Crippen LogP) is 4.59. The van der Waals surface area contributed by atoms with E-state index >= 15 is 0 Å². The van der Waals surface area contributed by atoms with Gasteiger partial charge >= 0.3 is 0 Å². The zero-order valence-corrected chi connectivity index (χ0v) is 19.7. The topological polar surface area (TPSA) is 72.3 Å². The van der Waals surface area contributed by atoms with Gasteiger partial charge in [0, 0.05) is 11.4 Å². The highest BCUT2D eigenvalue weighted by atomic mass is 32.2. The summed E-state index contributed by atoms with van der Waals surface area (Å²) in [6.07, 6.45) is 0.985. The molecule has 1 aromatic heterocycles. The van der Waals surface area contributed by atoms with Crippen molar-refractivity contribution in [1.29, 1.82) is 0 Å². The van der Waals surface area contributed by atoms with E-state index in [2.05, 4.69) is 5.10 Å². The lowest BCUT2D eigenvalue weighted by Gasteiger charge is -2.23. The summed E-state index contributed by atoms with van der Waals surface area (Å²) >= 11 is 1.53. The summed E-state index contributed by atoms with van der Waals surface area (Å²) in [5.41, 5.74) is 2.56. The fraction of sp³-hybridized carbons (Fsp3) is 0.304. The number of halogens is 1. The van der Waals surface area contributed by atoms with Gasteiger partial charge in [0.25, 0.3) is 5.91 Å². The van der Waals surface area contributed by atoms with Gasteiger partial charge in [-0.1, -0.05) is 29.5 Å². The Morgan fingerprint density at radius 2 is 1.72 bits per heavy atom. The molecule has 6 nitrogen and oxygen atoms in total. The number of rotatable bonds is 5. The largest absolute Gasteiger partial charge is 0.271 e. The average Bonchev–Trinajstić information content (AvgIpc) is 3.36. The van der Waals surface area contributed by atoms with Crippen molar-refractivity contribution in [2.75, 3.05) is 6.54 Å². The summed E-state index contributed by atoms with van der Waals surface area (Å²) in [4.78, 5) is 15.3. The summed E-state index contributed by atoms with van der Waals surface area (Å²) in [5.74, 6) is -0.885. The number of aromatic nitrogens is 2. The van der Waals surface area contributed by atoms with Gasteiger partial charge in [0.05, 0.1) is 21.2 Å². The van der Waals surface area contributed by atoms with Crippen LogP contribution in [0.15, 0.2) is 63.2 Å². The SMILES string of the molecule is Cc1ccc(Sc2c(C)nn(C(=O)C3CCCN3S(=O)(=O)c3ccc(F)cc3)c2C)cc1. The number of carbonyl (C=O) groups is 1. The molecule has 9 heteroatoms. The van der Waals surface area contributed by atoms with E-state index in [9.17, 15) is 17.6 Å². The van der Waals surface area contributed by atoms with Gasteiger partial charge < -0.3 is 0 Å². The number of nitrogens with zero attached hydrogens (tertiary/aromatic N) is 3. The van der Waals surface area contributed by atoms with E-state index in [0.717, 1.165) is 27.5 Å². The second kappa shape index (κ2) is 8.80. The Balaban J connectivity index is 1.62.